The molecule has 0 saturated heterocycles. The zero-order chi connectivity index (χ0) is 8.55. The fraction of sp³-hybridized carbons (Fsp3) is 0.250. The van der Waals surface area contributed by atoms with E-state index in [-0.39, 0.29) is 0 Å². The summed E-state index contributed by atoms with van der Waals surface area (Å²) in [5, 5.41) is 23.0. The highest BCUT2D eigenvalue weighted by Crippen LogP contribution is 2.18. The Hall–Kier alpha value is -1.67. The molecule has 8 nitrogen and oxygen atoms in total. The van der Waals surface area contributed by atoms with Gasteiger partial charge in [0.15, 0.2) is 12.0 Å². The van der Waals surface area contributed by atoms with Crippen LogP contribution in [0.3, 0.4) is 0 Å². The molecule has 64 valence electrons. The second-order valence-corrected chi connectivity index (χ2v) is 2.22. The first-order chi connectivity index (χ1) is 5.81. The highest BCUT2D eigenvalue weighted by Gasteiger charge is 2.26. The molecule has 5 N–H and O–H groups in total. The number of hydrogen-bond donors (Lipinski definition) is 5. The molecule has 8 heteroatoms. The number of hydrogen-bond acceptors (Lipinski definition) is 5. The van der Waals surface area contributed by atoms with E-state index in [1.54, 1.807) is 0 Å². The summed E-state index contributed by atoms with van der Waals surface area (Å²) < 4.78 is 0. The van der Waals surface area contributed by atoms with Crippen molar-refractivity contribution in [1.29, 1.82) is 0 Å². The number of anilines is 1. The minimum absolute atomic E-state index is 0.310. The van der Waals surface area contributed by atoms with Crippen molar-refractivity contribution in [2.45, 2.75) is 6.17 Å². The van der Waals surface area contributed by atoms with Crippen molar-refractivity contribution in [3.05, 3.63) is 5.69 Å². The largest absolute Gasteiger partial charge is 0.322 e. The van der Waals surface area contributed by atoms with Gasteiger partial charge in [-0.05, 0) is 0 Å². The summed E-state index contributed by atoms with van der Waals surface area (Å²) in [4.78, 5) is 10.8. The quantitative estimate of drug-likeness (QED) is 0.344. The summed E-state index contributed by atoms with van der Waals surface area (Å²) in [6.07, 6.45) is -0.715. The molecule has 1 atom stereocenters. The van der Waals surface area contributed by atoms with Gasteiger partial charge in [0.2, 0.25) is 0 Å². The predicted octanol–water partition coefficient (Wildman–Crippen LogP) is -1.08. The number of carbonyl (C=O) groups is 1. The third-order valence-electron chi connectivity index (χ3n) is 1.48. The number of H-pyrrole nitrogens is 1. The lowest BCUT2D eigenvalue weighted by atomic mass is 10.3. The zero-order valence-electron chi connectivity index (χ0n) is 5.83. The minimum Gasteiger partial charge on any atom is -0.315 e. The predicted molar refractivity (Wildman–Crippen MR) is 36.2 cm³/mol. The van der Waals surface area contributed by atoms with E-state index in [0.29, 0.717) is 11.5 Å². The molecule has 0 spiro atoms. The third-order valence-corrected chi connectivity index (χ3v) is 1.48. The number of urea groups is 1. The van der Waals surface area contributed by atoms with Gasteiger partial charge in [0.1, 0.15) is 5.69 Å². The van der Waals surface area contributed by atoms with Crippen molar-refractivity contribution in [2.75, 3.05) is 5.32 Å². The van der Waals surface area contributed by atoms with Crippen LogP contribution in [-0.2, 0) is 0 Å². The van der Waals surface area contributed by atoms with Crippen LogP contribution in [0, 0.1) is 0 Å². The molecular formula is C4H6N6O2. The molecule has 0 radical (unpaired) electrons. The average Bonchev–Trinajstić information content (AvgIpc) is 2.50. The summed E-state index contributed by atoms with van der Waals surface area (Å²) in [6.45, 7) is 0. The lowest BCUT2D eigenvalue weighted by Crippen LogP contribution is -2.43. The Morgan fingerprint density at radius 2 is 2.33 bits per heavy atom. The molecular weight excluding hydrogens is 164 g/mol. The van der Waals surface area contributed by atoms with Crippen molar-refractivity contribution < 1.29 is 10.0 Å². The molecule has 2 amide bonds. The standard InChI is InChI=1S/C4H6N6O2/c11-4-5-2-1(7-10-8-2)3(6-4)9-12/h3,9,12H,(H3,5,6,7,8,10,11). The van der Waals surface area contributed by atoms with Crippen LogP contribution in [-0.4, -0.2) is 26.6 Å². The fourth-order valence-electron chi connectivity index (χ4n) is 0.969. The van der Waals surface area contributed by atoms with Crippen LogP contribution in [0.4, 0.5) is 10.6 Å². The fourth-order valence-corrected chi connectivity index (χ4v) is 0.969. The number of nitrogens with one attached hydrogen (secondary N) is 4. The van der Waals surface area contributed by atoms with E-state index in [9.17, 15) is 4.79 Å². The van der Waals surface area contributed by atoms with Gasteiger partial charge in [0.25, 0.3) is 0 Å². The van der Waals surface area contributed by atoms with Crippen molar-refractivity contribution >= 4 is 11.8 Å². The maximum atomic E-state index is 10.8. The number of rotatable bonds is 1. The Morgan fingerprint density at radius 1 is 1.50 bits per heavy atom. The minimum atomic E-state index is -0.715. The first-order valence-corrected chi connectivity index (χ1v) is 3.19. The molecule has 1 aromatic heterocycles. The number of hydroxylamine groups is 1. The monoisotopic (exact) mass is 170 g/mol. The van der Waals surface area contributed by atoms with E-state index in [0.717, 1.165) is 0 Å². The molecule has 12 heavy (non-hydrogen) atoms. The number of nitrogens with zero attached hydrogens (tertiary/aromatic N) is 2. The Bertz CT molecular complexity index is 308. The second-order valence-electron chi connectivity index (χ2n) is 2.22. The van der Waals surface area contributed by atoms with Gasteiger partial charge in [-0.2, -0.15) is 15.8 Å². The highest BCUT2D eigenvalue weighted by atomic mass is 16.5. The molecule has 0 fully saturated rings. The maximum Gasteiger partial charge on any atom is 0.322 e. The van der Waals surface area contributed by atoms with E-state index < -0.39 is 12.2 Å². The average molecular weight is 170 g/mol. The Balaban J connectivity index is 2.37. The van der Waals surface area contributed by atoms with Crippen LogP contribution in [0.2, 0.25) is 0 Å². The van der Waals surface area contributed by atoms with Gasteiger partial charge in [0.05, 0.1) is 0 Å². The lowest BCUT2D eigenvalue weighted by Gasteiger charge is -2.20. The molecule has 1 unspecified atom stereocenters. The van der Waals surface area contributed by atoms with Crippen molar-refractivity contribution in [1.82, 2.24) is 26.2 Å². The number of aromatic nitrogens is 3. The molecule has 1 aliphatic heterocycles. The summed E-state index contributed by atoms with van der Waals surface area (Å²) >= 11 is 0. The SMILES string of the molecule is O=C1Nc2n[nH]nc2C(NO)N1. The van der Waals surface area contributed by atoms with Crippen LogP contribution >= 0.6 is 0 Å². The summed E-state index contributed by atoms with van der Waals surface area (Å²) in [5.74, 6) is 0.310. The van der Waals surface area contributed by atoms with Gasteiger partial charge in [-0.25, -0.2) is 4.79 Å². The van der Waals surface area contributed by atoms with Gasteiger partial charge < -0.3 is 10.5 Å². The van der Waals surface area contributed by atoms with Crippen molar-refractivity contribution in [2.24, 2.45) is 0 Å². The normalized spacial score (nSPS) is 21.1. The van der Waals surface area contributed by atoms with Crippen molar-refractivity contribution in [3.8, 4) is 0 Å². The maximum absolute atomic E-state index is 10.8. The van der Waals surface area contributed by atoms with E-state index in [4.69, 9.17) is 5.21 Å². The van der Waals surface area contributed by atoms with Gasteiger partial charge in [-0.15, -0.1) is 5.10 Å². The third kappa shape index (κ3) is 0.898. The molecule has 2 rings (SSSR count). The highest BCUT2D eigenvalue weighted by molar-refractivity contribution is 5.91. The Morgan fingerprint density at radius 3 is 3.08 bits per heavy atom. The summed E-state index contributed by atoms with van der Waals surface area (Å²) in [7, 11) is 0. The molecule has 0 bridgehead atoms. The van der Waals surface area contributed by atoms with E-state index in [1.807, 2.05) is 5.48 Å². The number of carbonyl (C=O) groups excluding carboxylic acids is 1. The van der Waals surface area contributed by atoms with Gasteiger partial charge in [0, 0.05) is 0 Å². The number of aromatic amines is 1. The number of amides is 2. The topological polar surface area (TPSA) is 115 Å². The molecule has 1 aliphatic rings. The van der Waals surface area contributed by atoms with Crippen LogP contribution in [0.15, 0.2) is 0 Å². The van der Waals surface area contributed by atoms with Crippen LogP contribution in [0.5, 0.6) is 0 Å². The van der Waals surface area contributed by atoms with E-state index in [1.165, 1.54) is 0 Å². The van der Waals surface area contributed by atoms with Gasteiger partial charge in [-0.1, -0.05) is 0 Å². The van der Waals surface area contributed by atoms with Gasteiger partial charge in [-0.3, -0.25) is 5.32 Å². The number of fused-ring (bicyclic) bond motifs is 1. The molecule has 0 saturated carbocycles. The second kappa shape index (κ2) is 2.43. The van der Waals surface area contributed by atoms with Crippen LogP contribution in [0.25, 0.3) is 0 Å². The Labute approximate surface area is 66.3 Å². The molecule has 0 aromatic carbocycles. The molecule has 1 aromatic rings. The zero-order valence-corrected chi connectivity index (χ0v) is 5.83. The van der Waals surface area contributed by atoms with Crippen LogP contribution in [0.1, 0.15) is 11.9 Å². The van der Waals surface area contributed by atoms with Gasteiger partial charge >= 0.3 is 6.03 Å². The van der Waals surface area contributed by atoms with Crippen LogP contribution < -0.4 is 16.1 Å². The summed E-state index contributed by atoms with van der Waals surface area (Å²) in [5.41, 5.74) is 2.30. The smallest absolute Gasteiger partial charge is 0.315 e. The first-order valence-electron chi connectivity index (χ1n) is 3.19. The molecule has 0 aliphatic carbocycles. The van der Waals surface area contributed by atoms with E-state index >= 15 is 0 Å². The summed E-state index contributed by atoms with van der Waals surface area (Å²) in [6, 6.07) is -0.442. The Kier molecular flexibility index (Phi) is 1.42. The lowest BCUT2D eigenvalue weighted by molar-refractivity contribution is 0.111. The van der Waals surface area contributed by atoms with Crippen molar-refractivity contribution in [3.63, 3.8) is 0 Å². The first kappa shape index (κ1) is 7.00. The van der Waals surface area contributed by atoms with E-state index in [2.05, 4.69) is 26.0 Å². The molecule has 2 heterocycles.